The molecule has 0 aliphatic heterocycles. The molecule has 29 heavy (non-hydrogen) atoms. The molecule has 0 aliphatic rings. The largest absolute Gasteiger partial charge is 0.416 e. The van der Waals surface area contributed by atoms with Crippen molar-refractivity contribution in [2.75, 3.05) is 33.7 Å². The van der Waals surface area contributed by atoms with Crippen LogP contribution in [0.15, 0.2) is 41.7 Å². The Labute approximate surface area is 169 Å². The third-order valence-electron chi connectivity index (χ3n) is 4.49. The minimum absolute atomic E-state index is 0.0917. The fourth-order valence-corrected chi connectivity index (χ4v) is 2.88. The fraction of sp³-hybridized carbons (Fsp3) is 0.500. The van der Waals surface area contributed by atoms with Gasteiger partial charge in [-0.2, -0.15) is 18.3 Å². The zero-order valence-electron chi connectivity index (χ0n) is 17.3. The maximum Gasteiger partial charge on any atom is 0.416 e. The highest BCUT2D eigenvalue weighted by molar-refractivity contribution is 5.79. The van der Waals surface area contributed by atoms with E-state index in [9.17, 15) is 13.2 Å². The molecular formula is C20H29F3N6. The van der Waals surface area contributed by atoms with Crippen molar-refractivity contribution in [3.63, 3.8) is 0 Å². The van der Waals surface area contributed by atoms with E-state index < -0.39 is 11.7 Å². The van der Waals surface area contributed by atoms with E-state index in [0.29, 0.717) is 32.0 Å². The highest BCUT2D eigenvalue weighted by Gasteiger charge is 2.29. The molecule has 1 heterocycles. The normalized spacial score (nSPS) is 13.6. The van der Waals surface area contributed by atoms with Gasteiger partial charge in [-0.1, -0.05) is 12.1 Å². The molecule has 1 aromatic carbocycles. The van der Waals surface area contributed by atoms with E-state index in [2.05, 4.69) is 25.6 Å². The van der Waals surface area contributed by atoms with Gasteiger partial charge in [0.25, 0.3) is 0 Å². The van der Waals surface area contributed by atoms with Crippen molar-refractivity contribution in [1.29, 1.82) is 0 Å². The van der Waals surface area contributed by atoms with Crippen molar-refractivity contribution in [2.24, 2.45) is 12.0 Å². The van der Waals surface area contributed by atoms with Gasteiger partial charge in [-0.3, -0.25) is 9.67 Å². The lowest BCUT2D eigenvalue weighted by molar-refractivity contribution is -0.137. The first-order chi connectivity index (χ1) is 13.7. The lowest BCUT2D eigenvalue weighted by atomic mass is 10.1. The maximum absolute atomic E-state index is 12.6. The molecule has 160 valence electrons. The maximum atomic E-state index is 12.6. The lowest BCUT2D eigenvalue weighted by Gasteiger charge is -2.22. The lowest BCUT2D eigenvalue weighted by Crippen LogP contribution is -2.39. The van der Waals surface area contributed by atoms with E-state index in [4.69, 9.17) is 0 Å². The van der Waals surface area contributed by atoms with Crippen LogP contribution in [-0.4, -0.2) is 54.4 Å². The first-order valence-electron chi connectivity index (χ1n) is 9.54. The molecule has 0 saturated carbocycles. The van der Waals surface area contributed by atoms with Gasteiger partial charge in [-0.25, -0.2) is 0 Å². The van der Waals surface area contributed by atoms with E-state index in [1.165, 1.54) is 12.1 Å². The molecule has 0 radical (unpaired) electrons. The minimum Gasteiger partial charge on any atom is -0.357 e. The topological polar surface area (TPSA) is 57.5 Å². The van der Waals surface area contributed by atoms with Crippen molar-refractivity contribution >= 4 is 5.96 Å². The summed E-state index contributed by atoms with van der Waals surface area (Å²) in [4.78, 5) is 6.75. The smallest absolute Gasteiger partial charge is 0.357 e. The van der Waals surface area contributed by atoms with Crippen LogP contribution in [-0.2, 0) is 19.6 Å². The summed E-state index contributed by atoms with van der Waals surface area (Å²) < 4.78 is 39.7. The molecule has 0 bridgehead atoms. The molecule has 2 rings (SSSR count). The molecule has 0 saturated heterocycles. The standard InChI is InChI=1S/C20H29F3N6/c1-5-24-19(26-13-18(28(2)3)16-12-27-29(4)14-16)25-11-10-15-6-8-17(9-7-15)20(21,22)23/h6-9,12,14,18H,5,10-11,13H2,1-4H3,(H2,24,25,26). The van der Waals surface area contributed by atoms with E-state index in [1.807, 2.05) is 40.5 Å². The number of aromatic nitrogens is 2. The number of hydrogen-bond donors (Lipinski definition) is 2. The van der Waals surface area contributed by atoms with E-state index >= 15 is 0 Å². The van der Waals surface area contributed by atoms with Crippen LogP contribution in [0.25, 0.3) is 0 Å². The number of nitrogens with one attached hydrogen (secondary N) is 2. The predicted octanol–water partition coefficient (Wildman–Crippen LogP) is 2.84. The average Bonchev–Trinajstić information content (AvgIpc) is 3.07. The summed E-state index contributed by atoms with van der Waals surface area (Å²) in [6.07, 6.45) is 0.109. The van der Waals surface area contributed by atoms with Gasteiger partial charge in [-0.05, 0) is 45.1 Å². The second kappa shape index (κ2) is 10.3. The van der Waals surface area contributed by atoms with Crippen molar-refractivity contribution in [3.8, 4) is 0 Å². The Morgan fingerprint density at radius 2 is 1.90 bits per heavy atom. The number of aliphatic imine (C=N–C) groups is 1. The molecule has 0 spiro atoms. The zero-order valence-corrected chi connectivity index (χ0v) is 17.3. The molecule has 9 heteroatoms. The molecular weight excluding hydrogens is 381 g/mol. The van der Waals surface area contributed by atoms with Crippen molar-refractivity contribution in [2.45, 2.75) is 25.6 Å². The molecule has 1 aromatic heterocycles. The van der Waals surface area contributed by atoms with E-state index in [-0.39, 0.29) is 6.04 Å². The van der Waals surface area contributed by atoms with Crippen LogP contribution in [0.2, 0.25) is 0 Å². The number of guanidine groups is 1. The minimum atomic E-state index is -4.31. The molecule has 1 atom stereocenters. The number of rotatable bonds is 8. The van der Waals surface area contributed by atoms with Gasteiger partial charge in [0, 0.05) is 31.9 Å². The summed E-state index contributed by atoms with van der Waals surface area (Å²) >= 11 is 0. The highest BCUT2D eigenvalue weighted by atomic mass is 19.4. The van der Waals surface area contributed by atoms with Crippen LogP contribution in [0.5, 0.6) is 0 Å². The number of nitrogens with zero attached hydrogens (tertiary/aromatic N) is 4. The van der Waals surface area contributed by atoms with E-state index in [1.54, 1.807) is 4.68 Å². The van der Waals surface area contributed by atoms with Crippen LogP contribution < -0.4 is 10.6 Å². The molecule has 2 aromatic rings. The van der Waals surface area contributed by atoms with Crippen LogP contribution in [0.3, 0.4) is 0 Å². The van der Waals surface area contributed by atoms with Crippen LogP contribution in [0, 0.1) is 0 Å². The Balaban J connectivity index is 1.94. The number of alkyl halides is 3. The van der Waals surface area contributed by atoms with Gasteiger partial charge in [-0.15, -0.1) is 0 Å². The first-order valence-corrected chi connectivity index (χ1v) is 9.54. The zero-order chi connectivity index (χ0) is 21.4. The van der Waals surface area contributed by atoms with Gasteiger partial charge in [0.1, 0.15) is 0 Å². The fourth-order valence-electron chi connectivity index (χ4n) is 2.88. The number of benzene rings is 1. The molecule has 2 N–H and O–H groups in total. The number of halogens is 3. The number of aryl methyl sites for hydroxylation is 1. The monoisotopic (exact) mass is 410 g/mol. The van der Waals surface area contributed by atoms with Gasteiger partial charge in [0.05, 0.1) is 24.3 Å². The molecule has 0 amide bonds. The number of hydrogen-bond acceptors (Lipinski definition) is 3. The Morgan fingerprint density at radius 3 is 2.41 bits per heavy atom. The summed E-state index contributed by atoms with van der Waals surface area (Å²) in [5.41, 5.74) is 1.29. The summed E-state index contributed by atoms with van der Waals surface area (Å²) in [6, 6.07) is 5.35. The highest BCUT2D eigenvalue weighted by Crippen LogP contribution is 2.29. The Bertz CT molecular complexity index is 780. The van der Waals surface area contributed by atoms with Gasteiger partial charge in [0.15, 0.2) is 5.96 Å². The summed E-state index contributed by atoms with van der Waals surface area (Å²) in [7, 11) is 5.88. The Kier molecular flexibility index (Phi) is 8.07. The van der Waals surface area contributed by atoms with Gasteiger partial charge in [0.2, 0.25) is 0 Å². The SMILES string of the molecule is CCNC(=NCC(c1cnn(C)c1)N(C)C)NCCc1ccc(C(F)(F)F)cc1. The first kappa shape index (κ1) is 22.7. The summed E-state index contributed by atoms with van der Waals surface area (Å²) in [6.45, 7) is 3.81. The second-order valence-electron chi connectivity index (χ2n) is 7.02. The molecule has 0 aliphatic carbocycles. The summed E-state index contributed by atoms with van der Waals surface area (Å²) in [5.74, 6) is 0.676. The van der Waals surface area contributed by atoms with Crippen molar-refractivity contribution in [1.82, 2.24) is 25.3 Å². The van der Waals surface area contributed by atoms with Crippen LogP contribution in [0.4, 0.5) is 13.2 Å². The molecule has 0 fully saturated rings. The average molecular weight is 410 g/mol. The van der Waals surface area contributed by atoms with E-state index in [0.717, 1.165) is 23.3 Å². The van der Waals surface area contributed by atoms with Gasteiger partial charge >= 0.3 is 6.18 Å². The van der Waals surface area contributed by atoms with Crippen LogP contribution >= 0.6 is 0 Å². The van der Waals surface area contributed by atoms with Crippen molar-refractivity contribution in [3.05, 3.63) is 53.3 Å². The van der Waals surface area contributed by atoms with Crippen molar-refractivity contribution < 1.29 is 13.2 Å². The second-order valence-corrected chi connectivity index (χ2v) is 7.02. The Morgan fingerprint density at radius 1 is 1.21 bits per heavy atom. The van der Waals surface area contributed by atoms with Crippen LogP contribution in [0.1, 0.15) is 29.7 Å². The van der Waals surface area contributed by atoms with Gasteiger partial charge < -0.3 is 15.5 Å². The predicted molar refractivity (Wildman–Crippen MR) is 109 cm³/mol. The Hall–Kier alpha value is -2.55. The molecule has 6 nitrogen and oxygen atoms in total. The third-order valence-corrected chi connectivity index (χ3v) is 4.49. The summed E-state index contributed by atoms with van der Waals surface area (Å²) in [5, 5.41) is 10.7. The third kappa shape index (κ3) is 7.08. The number of likely N-dealkylation sites (N-methyl/N-ethyl adjacent to an activating group) is 1. The quantitative estimate of drug-likeness (QED) is 0.519. The molecule has 1 unspecified atom stereocenters.